The van der Waals surface area contributed by atoms with Crippen LogP contribution in [0.2, 0.25) is 0 Å². The SMILES string of the molecule is C=C(C)C#CC1=CC(O)C2OC2C1O. The number of aliphatic hydroxyl groups is 2. The van der Waals surface area contributed by atoms with Crippen LogP contribution in [0.5, 0.6) is 0 Å². The molecule has 74 valence electrons. The minimum absolute atomic E-state index is 0.236. The molecule has 4 atom stereocenters. The highest BCUT2D eigenvalue weighted by Crippen LogP contribution is 2.36. The molecule has 0 aromatic rings. The first-order valence-electron chi connectivity index (χ1n) is 4.50. The average Bonchev–Trinajstić information content (AvgIpc) is 2.88. The van der Waals surface area contributed by atoms with E-state index in [-0.39, 0.29) is 12.2 Å². The number of rotatable bonds is 0. The smallest absolute Gasteiger partial charge is 0.118 e. The molecule has 1 aliphatic carbocycles. The first-order chi connectivity index (χ1) is 6.59. The highest BCUT2D eigenvalue weighted by Gasteiger charge is 2.52. The monoisotopic (exact) mass is 192 g/mol. The minimum atomic E-state index is -0.699. The molecule has 2 rings (SSSR count). The molecule has 1 saturated heterocycles. The number of epoxide rings is 1. The second kappa shape index (κ2) is 3.25. The molecule has 1 aliphatic heterocycles. The number of fused-ring (bicyclic) bond motifs is 1. The summed E-state index contributed by atoms with van der Waals surface area (Å²) in [6.07, 6.45) is -0.299. The molecular formula is C11H12O3. The van der Waals surface area contributed by atoms with Gasteiger partial charge in [-0.3, -0.25) is 0 Å². The van der Waals surface area contributed by atoms with Crippen LogP contribution >= 0.6 is 0 Å². The Labute approximate surface area is 82.7 Å². The fourth-order valence-corrected chi connectivity index (χ4v) is 1.51. The van der Waals surface area contributed by atoms with Gasteiger partial charge in [0.15, 0.2) is 0 Å². The third kappa shape index (κ3) is 1.60. The molecule has 0 amide bonds. The van der Waals surface area contributed by atoms with Gasteiger partial charge in [0, 0.05) is 5.57 Å². The van der Waals surface area contributed by atoms with E-state index >= 15 is 0 Å². The molecule has 2 aliphatic rings. The van der Waals surface area contributed by atoms with Gasteiger partial charge in [-0.2, -0.15) is 0 Å². The van der Waals surface area contributed by atoms with Gasteiger partial charge in [-0.25, -0.2) is 0 Å². The van der Waals surface area contributed by atoms with E-state index in [9.17, 15) is 10.2 Å². The molecule has 0 radical (unpaired) electrons. The Hall–Kier alpha value is -1.08. The molecule has 1 heterocycles. The van der Waals surface area contributed by atoms with Crippen LogP contribution in [0.15, 0.2) is 23.8 Å². The summed E-state index contributed by atoms with van der Waals surface area (Å²) in [5.74, 6) is 5.55. The molecule has 0 saturated carbocycles. The third-order valence-corrected chi connectivity index (χ3v) is 2.30. The van der Waals surface area contributed by atoms with Gasteiger partial charge in [-0.05, 0) is 18.6 Å². The topological polar surface area (TPSA) is 53.0 Å². The molecule has 3 nitrogen and oxygen atoms in total. The van der Waals surface area contributed by atoms with Crippen LogP contribution in [0.25, 0.3) is 0 Å². The van der Waals surface area contributed by atoms with Gasteiger partial charge in [-0.1, -0.05) is 18.4 Å². The van der Waals surface area contributed by atoms with E-state index in [1.165, 1.54) is 0 Å². The summed E-state index contributed by atoms with van der Waals surface area (Å²) in [5, 5.41) is 19.1. The third-order valence-electron chi connectivity index (χ3n) is 2.30. The Morgan fingerprint density at radius 3 is 2.86 bits per heavy atom. The fraction of sp³-hybridized carbons (Fsp3) is 0.455. The zero-order valence-corrected chi connectivity index (χ0v) is 7.90. The van der Waals surface area contributed by atoms with E-state index in [0.717, 1.165) is 5.57 Å². The van der Waals surface area contributed by atoms with Crippen molar-refractivity contribution in [1.82, 2.24) is 0 Å². The van der Waals surface area contributed by atoms with E-state index in [4.69, 9.17) is 4.74 Å². The summed E-state index contributed by atoms with van der Waals surface area (Å²) < 4.78 is 5.10. The highest BCUT2D eigenvalue weighted by atomic mass is 16.6. The van der Waals surface area contributed by atoms with Crippen LogP contribution in [-0.2, 0) is 4.74 Å². The van der Waals surface area contributed by atoms with Crippen LogP contribution in [0.4, 0.5) is 0 Å². The minimum Gasteiger partial charge on any atom is -0.386 e. The number of hydrogen-bond acceptors (Lipinski definition) is 3. The Bertz CT molecular complexity index is 358. The molecular weight excluding hydrogens is 180 g/mol. The summed E-state index contributed by atoms with van der Waals surface area (Å²) in [6.45, 7) is 5.42. The van der Waals surface area contributed by atoms with Crippen molar-refractivity contribution in [3.8, 4) is 11.8 Å². The van der Waals surface area contributed by atoms with Crippen molar-refractivity contribution < 1.29 is 14.9 Å². The van der Waals surface area contributed by atoms with Gasteiger partial charge in [0.1, 0.15) is 24.4 Å². The fourth-order valence-electron chi connectivity index (χ4n) is 1.51. The molecule has 14 heavy (non-hydrogen) atoms. The normalized spacial score (nSPS) is 38.9. The lowest BCUT2D eigenvalue weighted by Gasteiger charge is -2.14. The molecule has 0 aromatic carbocycles. The molecule has 4 unspecified atom stereocenters. The van der Waals surface area contributed by atoms with Crippen molar-refractivity contribution in [3.63, 3.8) is 0 Å². The molecule has 0 spiro atoms. The van der Waals surface area contributed by atoms with Crippen molar-refractivity contribution in [2.24, 2.45) is 0 Å². The van der Waals surface area contributed by atoms with Gasteiger partial charge in [0.25, 0.3) is 0 Å². The van der Waals surface area contributed by atoms with Gasteiger partial charge < -0.3 is 14.9 Å². The summed E-state index contributed by atoms with van der Waals surface area (Å²) in [7, 11) is 0. The lowest BCUT2D eigenvalue weighted by Crippen LogP contribution is -2.29. The van der Waals surface area contributed by atoms with Crippen LogP contribution in [0.3, 0.4) is 0 Å². The van der Waals surface area contributed by atoms with E-state index in [1.807, 2.05) is 0 Å². The van der Waals surface area contributed by atoms with Gasteiger partial charge in [-0.15, -0.1) is 0 Å². The summed E-state index contributed by atoms with van der Waals surface area (Å²) in [4.78, 5) is 0. The maximum atomic E-state index is 9.67. The first-order valence-corrected chi connectivity index (χ1v) is 4.50. The van der Waals surface area contributed by atoms with Crippen molar-refractivity contribution in [1.29, 1.82) is 0 Å². The highest BCUT2D eigenvalue weighted by molar-refractivity contribution is 5.42. The Kier molecular flexibility index (Phi) is 2.20. The molecule has 1 fully saturated rings. The summed E-state index contributed by atoms with van der Waals surface area (Å²) in [5.41, 5.74) is 1.26. The molecule has 2 N–H and O–H groups in total. The van der Waals surface area contributed by atoms with Crippen molar-refractivity contribution in [2.45, 2.75) is 31.3 Å². The van der Waals surface area contributed by atoms with Crippen LogP contribution in [-0.4, -0.2) is 34.6 Å². The molecule has 3 heteroatoms. The average molecular weight is 192 g/mol. The van der Waals surface area contributed by atoms with Gasteiger partial charge in [0.05, 0.1) is 0 Å². The zero-order valence-electron chi connectivity index (χ0n) is 7.90. The standard InChI is InChI=1S/C11H12O3/c1-6(2)3-4-7-5-8(12)10-11(14-10)9(7)13/h5,8-13H,1H2,2H3. The second-order valence-corrected chi connectivity index (χ2v) is 3.65. The largest absolute Gasteiger partial charge is 0.386 e. The van der Waals surface area contributed by atoms with Gasteiger partial charge >= 0.3 is 0 Å². The van der Waals surface area contributed by atoms with Crippen molar-refractivity contribution in [2.75, 3.05) is 0 Å². The number of ether oxygens (including phenoxy) is 1. The lowest BCUT2D eigenvalue weighted by atomic mass is 9.95. The van der Waals surface area contributed by atoms with Crippen LogP contribution in [0.1, 0.15) is 6.92 Å². The quantitative estimate of drug-likeness (QED) is 0.419. The van der Waals surface area contributed by atoms with Crippen molar-refractivity contribution in [3.05, 3.63) is 23.8 Å². The zero-order chi connectivity index (χ0) is 10.3. The summed E-state index contributed by atoms with van der Waals surface area (Å²) in [6, 6.07) is 0. The van der Waals surface area contributed by atoms with Crippen LogP contribution in [0, 0.1) is 11.8 Å². The Morgan fingerprint density at radius 2 is 2.21 bits per heavy atom. The first kappa shape index (κ1) is 9.47. The number of aliphatic hydroxyl groups excluding tert-OH is 2. The second-order valence-electron chi connectivity index (χ2n) is 3.65. The Balaban J connectivity index is 2.19. The number of hydrogen-bond donors (Lipinski definition) is 2. The molecule has 0 aromatic heterocycles. The predicted molar refractivity (Wildman–Crippen MR) is 51.3 cm³/mol. The van der Waals surface area contributed by atoms with Crippen LogP contribution < -0.4 is 0 Å². The van der Waals surface area contributed by atoms with E-state index in [0.29, 0.717) is 5.57 Å². The van der Waals surface area contributed by atoms with E-state index in [2.05, 4.69) is 18.4 Å². The predicted octanol–water partition coefficient (Wildman–Crippen LogP) is -0.00490. The van der Waals surface area contributed by atoms with E-state index in [1.54, 1.807) is 13.0 Å². The number of allylic oxidation sites excluding steroid dienone is 1. The van der Waals surface area contributed by atoms with Crippen molar-refractivity contribution >= 4 is 0 Å². The van der Waals surface area contributed by atoms with Gasteiger partial charge in [0.2, 0.25) is 0 Å². The lowest BCUT2D eigenvalue weighted by molar-refractivity contribution is 0.167. The summed E-state index contributed by atoms with van der Waals surface area (Å²) >= 11 is 0. The molecule has 0 bridgehead atoms. The Morgan fingerprint density at radius 1 is 1.50 bits per heavy atom. The van der Waals surface area contributed by atoms with E-state index < -0.39 is 12.2 Å². The maximum Gasteiger partial charge on any atom is 0.118 e. The maximum absolute atomic E-state index is 9.67.